The molecule has 2 unspecified atom stereocenters. The molecule has 33 heavy (non-hydrogen) atoms. The Hall–Kier alpha value is -1.48. The van der Waals surface area contributed by atoms with E-state index < -0.39 is 18.5 Å². The maximum Gasteiger partial charge on any atom is 0.186 e. The Balaban J connectivity index is 2.17. The minimum Gasteiger partial charge on any atom is -0.497 e. The molecule has 1 heterocycles. The summed E-state index contributed by atoms with van der Waals surface area (Å²) in [5, 5.41) is 0. The van der Waals surface area contributed by atoms with Gasteiger partial charge < -0.3 is 33.2 Å². The molecule has 188 valence electrons. The van der Waals surface area contributed by atoms with Crippen molar-refractivity contribution in [3.8, 4) is 5.75 Å². The Morgan fingerprint density at radius 2 is 1.64 bits per heavy atom. The van der Waals surface area contributed by atoms with Crippen molar-refractivity contribution < 1.29 is 33.2 Å². The smallest absolute Gasteiger partial charge is 0.186 e. The highest BCUT2D eigenvalue weighted by Crippen LogP contribution is 2.30. The lowest BCUT2D eigenvalue weighted by Gasteiger charge is -2.45. The first kappa shape index (κ1) is 27.8. The molecule has 0 spiro atoms. The van der Waals surface area contributed by atoms with Gasteiger partial charge in [0.25, 0.3) is 0 Å². The molecule has 5 atom stereocenters. The zero-order chi connectivity index (χ0) is 23.9. The summed E-state index contributed by atoms with van der Waals surface area (Å²) in [5.74, 6) is 0.803. The van der Waals surface area contributed by atoms with Gasteiger partial charge in [0.05, 0.1) is 26.9 Å². The topological polar surface area (TPSA) is 64.6 Å². The number of methoxy groups -OCH3 is 2. The fourth-order valence-electron chi connectivity index (χ4n) is 3.67. The van der Waals surface area contributed by atoms with Gasteiger partial charge in [-0.15, -0.1) is 6.58 Å². The van der Waals surface area contributed by atoms with Gasteiger partial charge in [0.15, 0.2) is 6.29 Å². The molecule has 2 rings (SSSR count). The van der Waals surface area contributed by atoms with Crippen LogP contribution in [-0.4, -0.2) is 71.4 Å². The van der Waals surface area contributed by atoms with Crippen LogP contribution in [0.2, 0.25) is 0 Å². The monoisotopic (exact) mass is 466 g/mol. The fourth-order valence-corrected chi connectivity index (χ4v) is 3.67. The van der Waals surface area contributed by atoms with E-state index in [0.717, 1.165) is 37.0 Å². The van der Waals surface area contributed by atoms with E-state index in [9.17, 15) is 0 Å². The maximum absolute atomic E-state index is 6.31. The number of hydrogen-bond acceptors (Lipinski definition) is 7. The van der Waals surface area contributed by atoms with Crippen LogP contribution in [0.4, 0.5) is 0 Å². The van der Waals surface area contributed by atoms with Crippen LogP contribution in [0.3, 0.4) is 0 Å². The van der Waals surface area contributed by atoms with Gasteiger partial charge in [-0.05, 0) is 30.5 Å². The van der Waals surface area contributed by atoms with Crippen LogP contribution < -0.4 is 4.74 Å². The number of rotatable bonds is 17. The zero-order valence-electron chi connectivity index (χ0n) is 20.7. The van der Waals surface area contributed by atoms with Crippen molar-refractivity contribution in [2.24, 2.45) is 0 Å². The molecular weight excluding hydrogens is 424 g/mol. The lowest BCUT2D eigenvalue weighted by Crippen LogP contribution is -2.61. The number of benzene rings is 1. The van der Waals surface area contributed by atoms with Crippen LogP contribution in [0.1, 0.15) is 45.1 Å². The van der Waals surface area contributed by atoms with E-state index in [-0.39, 0.29) is 12.2 Å². The van der Waals surface area contributed by atoms with E-state index in [1.165, 1.54) is 0 Å². The van der Waals surface area contributed by atoms with Crippen molar-refractivity contribution in [2.45, 2.75) is 76.8 Å². The third-order valence-corrected chi connectivity index (χ3v) is 5.56. The van der Waals surface area contributed by atoms with Crippen LogP contribution in [0.15, 0.2) is 36.9 Å². The van der Waals surface area contributed by atoms with Crippen LogP contribution in [0.25, 0.3) is 0 Å². The van der Waals surface area contributed by atoms with Crippen LogP contribution in [0, 0.1) is 0 Å². The summed E-state index contributed by atoms with van der Waals surface area (Å²) in [6.07, 6.45) is 3.68. The molecule has 1 fully saturated rings. The molecular formula is C26H42O7. The van der Waals surface area contributed by atoms with Crippen molar-refractivity contribution in [1.82, 2.24) is 0 Å². The van der Waals surface area contributed by atoms with Crippen LogP contribution in [0.5, 0.6) is 5.75 Å². The van der Waals surface area contributed by atoms with E-state index in [2.05, 4.69) is 20.4 Å². The molecule has 0 N–H and O–H groups in total. The second-order valence-electron chi connectivity index (χ2n) is 8.11. The van der Waals surface area contributed by atoms with Gasteiger partial charge >= 0.3 is 0 Å². The largest absolute Gasteiger partial charge is 0.497 e. The molecule has 0 aliphatic carbocycles. The lowest BCUT2D eigenvalue weighted by molar-refractivity contribution is -0.319. The minimum atomic E-state index is -0.608. The molecule has 0 amide bonds. The molecule has 1 aromatic carbocycles. The summed E-state index contributed by atoms with van der Waals surface area (Å²) >= 11 is 0. The molecule has 7 heteroatoms. The standard InChI is InChI=1S/C26H42O7/c1-6-9-16-29-19-22-23(31-17-10-7-2)24(30-15-8-3)25(26(28-5)33-22)32-18-20-11-13-21(27-4)14-12-20/h8,11-14,22-26H,3,6-7,9-10,15-19H2,1-2,4-5H3/t22?,23-,24?,25-,26+/m0/s1. The molecule has 0 bridgehead atoms. The van der Waals surface area contributed by atoms with Gasteiger partial charge in [0.2, 0.25) is 0 Å². The van der Waals surface area contributed by atoms with Crippen LogP contribution >= 0.6 is 0 Å². The summed E-state index contributed by atoms with van der Waals surface area (Å²) in [7, 11) is 3.27. The molecule has 1 saturated heterocycles. The molecule has 0 aromatic heterocycles. The van der Waals surface area contributed by atoms with Crippen LogP contribution in [-0.2, 0) is 35.0 Å². The van der Waals surface area contributed by atoms with Gasteiger partial charge in [0, 0.05) is 20.3 Å². The molecule has 0 saturated carbocycles. The van der Waals surface area contributed by atoms with Crippen molar-refractivity contribution in [3.05, 3.63) is 42.5 Å². The van der Waals surface area contributed by atoms with Crippen molar-refractivity contribution in [1.29, 1.82) is 0 Å². The first-order valence-corrected chi connectivity index (χ1v) is 12.0. The van der Waals surface area contributed by atoms with Gasteiger partial charge in [-0.25, -0.2) is 0 Å². The zero-order valence-corrected chi connectivity index (χ0v) is 20.7. The van der Waals surface area contributed by atoms with Gasteiger partial charge in [-0.3, -0.25) is 0 Å². The van der Waals surface area contributed by atoms with Gasteiger partial charge in [0.1, 0.15) is 30.2 Å². The maximum atomic E-state index is 6.31. The van der Waals surface area contributed by atoms with E-state index in [1.54, 1.807) is 20.3 Å². The van der Waals surface area contributed by atoms with Gasteiger partial charge in [-0.2, -0.15) is 0 Å². The average Bonchev–Trinajstić information content (AvgIpc) is 2.85. The highest BCUT2D eigenvalue weighted by atomic mass is 16.7. The van der Waals surface area contributed by atoms with Crippen molar-refractivity contribution in [3.63, 3.8) is 0 Å². The highest BCUT2D eigenvalue weighted by Gasteiger charge is 2.48. The second-order valence-corrected chi connectivity index (χ2v) is 8.11. The summed E-state index contributed by atoms with van der Waals surface area (Å²) in [4.78, 5) is 0. The van der Waals surface area contributed by atoms with E-state index in [1.807, 2.05) is 24.3 Å². The summed E-state index contributed by atoms with van der Waals surface area (Å²) in [6, 6.07) is 7.78. The first-order valence-electron chi connectivity index (χ1n) is 12.0. The summed E-state index contributed by atoms with van der Waals surface area (Å²) in [5.41, 5.74) is 1.02. The molecule has 1 aliphatic heterocycles. The normalized spacial score (nSPS) is 25.2. The minimum absolute atomic E-state index is 0.320. The first-order chi connectivity index (χ1) is 16.2. The van der Waals surface area contributed by atoms with E-state index in [0.29, 0.717) is 33.0 Å². The number of ether oxygens (including phenoxy) is 7. The predicted octanol–water partition coefficient (Wildman–Crippen LogP) is 4.52. The van der Waals surface area contributed by atoms with E-state index in [4.69, 9.17) is 33.2 Å². The Bertz CT molecular complexity index is 636. The predicted molar refractivity (Wildman–Crippen MR) is 128 cm³/mol. The lowest BCUT2D eigenvalue weighted by atomic mass is 9.98. The van der Waals surface area contributed by atoms with Crippen molar-refractivity contribution in [2.75, 3.05) is 40.6 Å². The molecule has 1 aliphatic rings. The third-order valence-electron chi connectivity index (χ3n) is 5.56. The fraction of sp³-hybridized carbons (Fsp3) is 0.692. The van der Waals surface area contributed by atoms with E-state index >= 15 is 0 Å². The Kier molecular flexibility index (Phi) is 13.6. The number of hydrogen-bond donors (Lipinski definition) is 0. The summed E-state index contributed by atoms with van der Waals surface area (Å²) in [6.45, 7) is 10.6. The van der Waals surface area contributed by atoms with Gasteiger partial charge in [-0.1, -0.05) is 44.9 Å². The Morgan fingerprint density at radius 1 is 0.909 bits per heavy atom. The average molecular weight is 467 g/mol. The quantitative estimate of drug-likeness (QED) is 0.247. The van der Waals surface area contributed by atoms with Crippen molar-refractivity contribution >= 4 is 0 Å². The SMILES string of the molecule is C=CCOC1[C@@H](OCCCC)C(COCCCC)O[C@@H](OC)[C@H]1OCc1ccc(OC)cc1. The number of unbranched alkanes of at least 4 members (excludes halogenated alkanes) is 2. The Morgan fingerprint density at radius 3 is 2.27 bits per heavy atom. The highest BCUT2D eigenvalue weighted by molar-refractivity contribution is 5.26. The molecule has 0 radical (unpaired) electrons. The molecule has 1 aromatic rings. The molecule has 7 nitrogen and oxygen atoms in total. The second kappa shape index (κ2) is 16.2. The Labute approximate surface area is 199 Å². The third kappa shape index (κ3) is 9.00. The summed E-state index contributed by atoms with van der Waals surface area (Å²) < 4.78 is 41.9.